The number of likely N-dealkylation sites (N-methyl/N-ethyl adjacent to an activating group) is 1. The third-order valence-electron chi connectivity index (χ3n) is 6.83. The summed E-state index contributed by atoms with van der Waals surface area (Å²) >= 11 is 0. The molecule has 4 fully saturated rings. The molecule has 5 heteroatoms. The summed E-state index contributed by atoms with van der Waals surface area (Å²) < 4.78 is 5.97. The Labute approximate surface area is 148 Å². The van der Waals surface area contributed by atoms with Gasteiger partial charge in [-0.25, -0.2) is 0 Å². The number of nitrogens with one attached hydrogen (secondary N) is 1. The molecule has 0 spiro atoms. The van der Waals surface area contributed by atoms with Gasteiger partial charge in [-0.3, -0.25) is 4.79 Å². The molecule has 25 heavy (non-hydrogen) atoms. The van der Waals surface area contributed by atoms with E-state index in [0.717, 1.165) is 43.5 Å². The summed E-state index contributed by atoms with van der Waals surface area (Å²) in [4.78, 5) is 15.0. The number of hydrogen-bond acceptors (Lipinski definition) is 4. The molecule has 134 valence electrons. The molecule has 1 amide bonds. The lowest BCUT2D eigenvalue weighted by molar-refractivity contribution is -0.149. The van der Waals surface area contributed by atoms with Crippen molar-refractivity contribution in [1.82, 2.24) is 5.32 Å². The Morgan fingerprint density at radius 3 is 2.68 bits per heavy atom. The summed E-state index contributed by atoms with van der Waals surface area (Å²) in [5.41, 5.74) is 0.571. The minimum absolute atomic E-state index is 0.00850. The maximum atomic E-state index is 12.9. The van der Waals surface area contributed by atoms with Crippen molar-refractivity contribution in [3.05, 3.63) is 24.3 Å². The van der Waals surface area contributed by atoms with Gasteiger partial charge in [0.15, 0.2) is 6.10 Å². The lowest BCUT2D eigenvalue weighted by atomic mass is 9.52. The molecular weight excluding hydrogens is 316 g/mol. The molecule has 5 aliphatic rings. The van der Waals surface area contributed by atoms with Gasteiger partial charge in [-0.05, 0) is 62.0 Å². The number of hydrogen-bond donors (Lipinski definition) is 2. The first kappa shape index (κ1) is 15.5. The van der Waals surface area contributed by atoms with Crippen LogP contribution in [0.1, 0.15) is 32.1 Å². The summed E-state index contributed by atoms with van der Waals surface area (Å²) in [5, 5.41) is 14.0. The summed E-state index contributed by atoms with van der Waals surface area (Å²) in [6.45, 7) is 0.567. The molecule has 6 rings (SSSR count). The molecule has 4 saturated carbocycles. The fraction of sp³-hybridized carbons (Fsp3) is 0.650. The highest BCUT2D eigenvalue weighted by molar-refractivity contribution is 5.83. The van der Waals surface area contributed by atoms with Crippen LogP contribution in [0.4, 0.5) is 5.69 Å². The van der Waals surface area contributed by atoms with E-state index in [-0.39, 0.29) is 11.9 Å². The van der Waals surface area contributed by atoms with E-state index in [1.807, 2.05) is 31.3 Å². The van der Waals surface area contributed by atoms with E-state index in [2.05, 4.69) is 10.2 Å². The van der Waals surface area contributed by atoms with Gasteiger partial charge >= 0.3 is 0 Å². The molecule has 1 aromatic rings. The van der Waals surface area contributed by atoms with E-state index in [1.165, 1.54) is 0 Å². The van der Waals surface area contributed by atoms with E-state index in [0.29, 0.717) is 24.3 Å². The quantitative estimate of drug-likeness (QED) is 0.862. The minimum atomic E-state index is -0.472. The molecule has 1 aliphatic heterocycles. The number of aliphatic hydroxyl groups is 1. The molecule has 4 aliphatic carbocycles. The molecule has 3 atom stereocenters. The number of anilines is 1. The second-order valence-electron chi connectivity index (χ2n) is 8.68. The van der Waals surface area contributed by atoms with Gasteiger partial charge in [0.05, 0.1) is 17.8 Å². The molecule has 1 heterocycles. The van der Waals surface area contributed by atoms with Gasteiger partial charge in [0.25, 0.3) is 5.91 Å². The number of benzene rings is 1. The van der Waals surface area contributed by atoms with Crippen LogP contribution in [0.2, 0.25) is 0 Å². The number of carbonyl (C=O) groups is 1. The summed E-state index contributed by atoms with van der Waals surface area (Å²) in [6, 6.07) is 8.06. The maximum absolute atomic E-state index is 12.9. The highest BCUT2D eigenvalue weighted by Crippen LogP contribution is 2.55. The Hall–Kier alpha value is -1.75. The van der Waals surface area contributed by atoms with E-state index in [9.17, 15) is 9.90 Å². The van der Waals surface area contributed by atoms with Crippen LogP contribution in [0.15, 0.2) is 24.3 Å². The van der Waals surface area contributed by atoms with Crippen molar-refractivity contribution in [3.8, 4) is 5.75 Å². The lowest BCUT2D eigenvalue weighted by Crippen LogP contribution is -2.63. The van der Waals surface area contributed by atoms with Crippen LogP contribution in [-0.4, -0.2) is 42.4 Å². The fourth-order valence-corrected chi connectivity index (χ4v) is 6.02. The molecule has 0 aromatic heterocycles. The SMILES string of the molecule is CN1CC(C(=O)NC2[C@@H]3CC4C[C@@H]2CC(O)(C4)C3)Oc2ccccc21. The second-order valence-corrected chi connectivity index (χ2v) is 8.68. The van der Waals surface area contributed by atoms with Crippen molar-refractivity contribution in [1.29, 1.82) is 0 Å². The van der Waals surface area contributed by atoms with Crippen LogP contribution in [0.5, 0.6) is 5.75 Å². The topological polar surface area (TPSA) is 61.8 Å². The van der Waals surface area contributed by atoms with Crippen molar-refractivity contribution < 1.29 is 14.6 Å². The maximum Gasteiger partial charge on any atom is 0.263 e. The Balaban J connectivity index is 1.30. The third-order valence-corrected chi connectivity index (χ3v) is 6.83. The molecule has 5 nitrogen and oxygen atoms in total. The first-order chi connectivity index (χ1) is 12.0. The van der Waals surface area contributed by atoms with Crippen LogP contribution < -0.4 is 15.0 Å². The van der Waals surface area contributed by atoms with E-state index in [4.69, 9.17) is 4.74 Å². The van der Waals surface area contributed by atoms with Gasteiger partial charge in [0.2, 0.25) is 0 Å². The van der Waals surface area contributed by atoms with Crippen LogP contribution >= 0.6 is 0 Å². The molecule has 2 N–H and O–H groups in total. The minimum Gasteiger partial charge on any atom is -0.477 e. The first-order valence-corrected chi connectivity index (χ1v) is 9.50. The Morgan fingerprint density at radius 2 is 1.96 bits per heavy atom. The predicted molar refractivity (Wildman–Crippen MR) is 94.6 cm³/mol. The van der Waals surface area contributed by atoms with Crippen LogP contribution in [0.3, 0.4) is 0 Å². The first-order valence-electron chi connectivity index (χ1n) is 9.50. The predicted octanol–water partition coefficient (Wildman–Crippen LogP) is 1.94. The summed E-state index contributed by atoms with van der Waals surface area (Å²) in [6.07, 6.45) is 4.49. The van der Waals surface area contributed by atoms with Crippen LogP contribution in [0, 0.1) is 17.8 Å². The van der Waals surface area contributed by atoms with Gasteiger partial charge in [-0.1, -0.05) is 12.1 Å². The number of rotatable bonds is 2. The Bertz CT molecular complexity index is 690. The zero-order valence-corrected chi connectivity index (χ0v) is 14.6. The molecule has 0 radical (unpaired) electrons. The van der Waals surface area contributed by atoms with Gasteiger partial charge < -0.3 is 20.1 Å². The van der Waals surface area contributed by atoms with Crippen LogP contribution in [-0.2, 0) is 4.79 Å². The zero-order valence-electron chi connectivity index (χ0n) is 14.6. The van der Waals surface area contributed by atoms with Gasteiger partial charge in [0.1, 0.15) is 5.75 Å². The van der Waals surface area contributed by atoms with E-state index in [1.54, 1.807) is 0 Å². The van der Waals surface area contributed by atoms with Crippen molar-refractivity contribution >= 4 is 11.6 Å². The van der Waals surface area contributed by atoms with Gasteiger partial charge in [0, 0.05) is 13.1 Å². The molecule has 4 bridgehead atoms. The van der Waals surface area contributed by atoms with Crippen molar-refractivity contribution in [2.24, 2.45) is 17.8 Å². The number of fused-ring (bicyclic) bond motifs is 1. The third kappa shape index (κ3) is 2.51. The average molecular weight is 342 g/mol. The second kappa shape index (κ2) is 5.37. The molecule has 1 aromatic carbocycles. The monoisotopic (exact) mass is 342 g/mol. The summed E-state index contributed by atoms with van der Waals surface area (Å²) in [7, 11) is 2.00. The van der Waals surface area contributed by atoms with Crippen molar-refractivity contribution in [2.45, 2.75) is 49.9 Å². The zero-order chi connectivity index (χ0) is 17.2. The highest BCUT2D eigenvalue weighted by Gasteiger charge is 2.55. The Morgan fingerprint density at radius 1 is 1.24 bits per heavy atom. The van der Waals surface area contributed by atoms with Gasteiger partial charge in [-0.15, -0.1) is 0 Å². The van der Waals surface area contributed by atoms with E-state index >= 15 is 0 Å². The number of carbonyl (C=O) groups excluding carboxylic acids is 1. The van der Waals surface area contributed by atoms with Crippen molar-refractivity contribution in [2.75, 3.05) is 18.5 Å². The molecular formula is C20H26N2O3. The standard InChI is InChI=1S/C20H26N2O3/c1-22-11-17(25-16-5-3-2-4-15(16)22)19(23)21-18-13-6-12-7-14(18)10-20(24,8-12)9-13/h2-5,12-14,17-18,24H,6-11H2,1H3,(H,21,23)/t12?,13-,14-,17?,18?,20?/m1/s1. The smallest absolute Gasteiger partial charge is 0.263 e. The number of para-hydroxylation sites is 2. The molecule has 0 saturated heterocycles. The largest absolute Gasteiger partial charge is 0.477 e. The molecule has 1 unspecified atom stereocenters. The van der Waals surface area contributed by atoms with E-state index < -0.39 is 11.7 Å². The van der Waals surface area contributed by atoms with Crippen molar-refractivity contribution in [3.63, 3.8) is 0 Å². The lowest BCUT2D eigenvalue weighted by Gasteiger charge is -2.58. The average Bonchev–Trinajstić information content (AvgIpc) is 2.56. The summed E-state index contributed by atoms with van der Waals surface area (Å²) in [5.74, 6) is 2.27. The highest BCUT2D eigenvalue weighted by atomic mass is 16.5. The Kier molecular flexibility index (Phi) is 3.33. The number of ether oxygens (including phenoxy) is 1. The number of nitrogens with zero attached hydrogens (tertiary/aromatic N) is 1. The normalized spacial score (nSPS) is 41.2. The van der Waals surface area contributed by atoms with Crippen LogP contribution in [0.25, 0.3) is 0 Å². The number of amides is 1. The van der Waals surface area contributed by atoms with Gasteiger partial charge in [-0.2, -0.15) is 0 Å². The fourth-order valence-electron chi connectivity index (χ4n) is 6.02.